The van der Waals surface area contributed by atoms with Gasteiger partial charge in [-0.05, 0) is 31.9 Å². The SMILES string of the molecule is CCN(Cc1ccc(Cl)s1)C(=O)[C@@H]1CC[C@H](CN)O1.Cl. The van der Waals surface area contributed by atoms with Crippen molar-refractivity contribution >= 4 is 41.3 Å². The number of nitrogens with zero attached hydrogens (tertiary/aromatic N) is 1. The summed E-state index contributed by atoms with van der Waals surface area (Å²) in [6.45, 7) is 3.72. The average molecular weight is 339 g/mol. The van der Waals surface area contributed by atoms with E-state index in [9.17, 15) is 4.79 Å². The lowest BCUT2D eigenvalue weighted by molar-refractivity contribution is -0.143. The van der Waals surface area contributed by atoms with Gasteiger partial charge < -0.3 is 15.4 Å². The Hall–Kier alpha value is -0.330. The maximum atomic E-state index is 12.4. The number of carbonyl (C=O) groups excluding carboxylic acids is 1. The zero-order valence-corrected chi connectivity index (χ0v) is 13.8. The Balaban J connectivity index is 0.00000200. The van der Waals surface area contributed by atoms with Gasteiger partial charge in [0.1, 0.15) is 6.10 Å². The van der Waals surface area contributed by atoms with E-state index in [-0.39, 0.29) is 30.5 Å². The van der Waals surface area contributed by atoms with Gasteiger partial charge >= 0.3 is 0 Å². The van der Waals surface area contributed by atoms with E-state index >= 15 is 0 Å². The molecule has 0 unspecified atom stereocenters. The van der Waals surface area contributed by atoms with E-state index in [2.05, 4.69) is 0 Å². The van der Waals surface area contributed by atoms with Gasteiger partial charge in [0, 0.05) is 18.0 Å². The fourth-order valence-electron chi connectivity index (χ4n) is 2.23. The van der Waals surface area contributed by atoms with Crippen LogP contribution in [0.25, 0.3) is 0 Å². The van der Waals surface area contributed by atoms with Crippen molar-refractivity contribution in [1.29, 1.82) is 0 Å². The molecule has 1 aliphatic heterocycles. The van der Waals surface area contributed by atoms with Crippen molar-refractivity contribution in [2.45, 2.75) is 38.5 Å². The van der Waals surface area contributed by atoms with Crippen LogP contribution < -0.4 is 5.73 Å². The van der Waals surface area contributed by atoms with Gasteiger partial charge in [0.2, 0.25) is 0 Å². The van der Waals surface area contributed by atoms with Crippen LogP contribution in [-0.2, 0) is 16.1 Å². The van der Waals surface area contributed by atoms with Crippen molar-refractivity contribution in [2.24, 2.45) is 5.73 Å². The minimum absolute atomic E-state index is 0. The highest BCUT2D eigenvalue weighted by molar-refractivity contribution is 7.16. The van der Waals surface area contributed by atoms with Crippen molar-refractivity contribution in [2.75, 3.05) is 13.1 Å². The van der Waals surface area contributed by atoms with E-state index in [4.69, 9.17) is 22.1 Å². The van der Waals surface area contributed by atoms with Crippen LogP contribution in [0.3, 0.4) is 0 Å². The summed E-state index contributed by atoms with van der Waals surface area (Å²) in [6, 6.07) is 3.82. The molecule has 4 nitrogen and oxygen atoms in total. The van der Waals surface area contributed by atoms with Crippen molar-refractivity contribution < 1.29 is 9.53 Å². The number of ether oxygens (including phenoxy) is 1. The van der Waals surface area contributed by atoms with Gasteiger partial charge in [0.25, 0.3) is 5.91 Å². The predicted molar refractivity (Wildman–Crippen MR) is 84.6 cm³/mol. The summed E-state index contributed by atoms with van der Waals surface area (Å²) in [5.74, 6) is 0.0583. The van der Waals surface area contributed by atoms with Gasteiger partial charge in [-0.25, -0.2) is 0 Å². The number of thiophene rings is 1. The highest BCUT2D eigenvalue weighted by Gasteiger charge is 2.32. The van der Waals surface area contributed by atoms with Crippen molar-refractivity contribution in [1.82, 2.24) is 4.90 Å². The van der Waals surface area contributed by atoms with Gasteiger partial charge in [0.15, 0.2) is 0 Å². The molecule has 2 rings (SSSR count). The normalized spacial score (nSPS) is 21.6. The van der Waals surface area contributed by atoms with E-state index in [1.807, 2.05) is 24.0 Å². The van der Waals surface area contributed by atoms with Gasteiger partial charge in [0.05, 0.1) is 17.0 Å². The second-order valence-electron chi connectivity index (χ2n) is 4.62. The molecule has 0 spiro atoms. The molecule has 0 bridgehead atoms. The molecule has 114 valence electrons. The zero-order chi connectivity index (χ0) is 13.8. The molecule has 0 radical (unpaired) electrons. The molecule has 1 aromatic rings. The van der Waals surface area contributed by atoms with Crippen LogP contribution in [0.15, 0.2) is 12.1 Å². The van der Waals surface area contributed by atoms with Gasteiger partial charge in [-0.15, -0.1) is 23.7 Å². The van der Waals surface area contributed by atoms with Crippen LogP contribution in [0.2, 0.25) is 4.34 Å². The molecule has 1 aromatic heterocycles. The standard InChI is InChI=1S/C13H19ClN2O2S.ClH/c1-2-16(8-10-4-6-12(14)19-10)13(17)11-5-3-9(7-15)18-11;/h4,6,9,11H,2-3,5,7-8,15H2,1H3;1H/t9-,11+;/m1./s1. The number of hydrogen-bond donors (Lipinski definition) is 1. The van der Waals surface area contributed by atoms with E-state index in [1.165, 1.54) is 11.3 Å². The average Bonchev–Trinajstić information content (AvgIpc) is 3.04. The molecule has 0 aromatic carbocycles. The van der Waals surface area contributed by atoms with Gasteiger partial charge in [-0.1, -0.05) is 11.6 Å². The lowest BCUT2D eigenvalue weighted by atomic mass is 10.2. The lowest BCUT2D eigenvalue weighted by Crippen LogP contribution is -2.39. The van der Waals surface area contributed by atoms with E-state index in [0.717, 1.165) is 22.1 Å². The minimum atomic E-state index is -0.330. The summed E-state index contributed by atoms with van der Waals surface area (Å²) < 4.78 is 6.41. The maximum absolute atomic E-state index is 12.4. The number of amides is 1. The quantitative estimate of drug-likeness (QED) is 0.897. The fourth-order valence-corrected chi connectivity index (χ4v) is 3.34. The summed E-state index contributed by atoms with van der Waals surface area (Å²) in [6.07, 6.45) is 1.34. The Kier molecular flexibility index (Phi) is 7.26. The molecule has 2 atom stereocenters. The monoisotopic (exact) mass is 338 g/mol. The maximum Gasteiger partial charge on any atom is 0.252 e. The van der Waals surface area contributed by atoms with Crippen LogP contribution in [0.4, 0.5) is 0 Å². The number of halogens is 2. The predicted octanol–water partition coefficient (Wildman–Crippen LogP) is 2.68. The summed E-state index contributed by atoms with van der Waals surface area (Å²) in [7, 11) is 0. The van der Waals surface area contributed by atoms with Crippen LogP contribution >= 0.6 is 35.3 Å². The molecule has 1 saturated heterocycles. The molecular weight excluding hydrogens is 319 g/mol. The minimum Gasteiger partial charge on any atom is -0.364 e. The first kappa shape index (κ1) is 17.7. The second kappa shape index (κ2) is 8.20. The van der Waals surface area contributed by atoms with Crippen molar-refractivity contribution in [3.63, 3.8) is 0 Å². The Morgan fingerprint density at radius 1 is 1.55 bits per heavy atom. The Morgan fingerprint density at radius 3 is 2.80 bits per heavy atom. The van der Waals surface area contributed by atoms with E-state index in [1.54, 1.807) is 0 Å². The molecular formula is C13H20Cl2N2O2S. The number of likely N-dealkylation sites (N-methyl/N-ethyl adjacent to an activating group) is 1. The molecule has 0 aliphatic carbocycles. The highest BCUT2D eigenvalue weighted by Crippen LogP contribution is 2.25. The zero-order valence-electron chi connectivity index (χ0n) is 11.4. The topological polar surface area (TPSA) is 55.6 Å². The van der Waals surface area contributed by atoms with Crippen LogP contribution in [0.1, 0.15) is 24.6 Å². The number of carbonyl (C=O) groups is 1. The first-order valence-electron chi connectivity index (χ1n) is 6.52. The molecule has 2 N–H and O–H groups in total. The summed E-state index contributed by atoms with van der Waals surface area (Å²) in [4.78, 5) is 15.3. The molecule has 1 amide bonds. The van der Waals surface area contributed by atoms with Gasteiger partial charge in [-0.3, -0.25) is 4.79 Å². The van der Waals surface area contributed by atoms with Crippen LogP contribution in [-0.4, -0.2) is 36.1 Å². The largest absolute Gasteiger partial charge is 0.364 e. The third kappa shape index (κ3) is 4.33. The summed E-state index contributed by atoms with van der Waals surface area (Å²) >= 11 is 7.42. The molecule has 1 fully saturated rings. The lowest BCUT2D eigenvalue weighted by Gasteiger charge is -2.23. The summed E-state index contributed by atoms with van der Waals surface area (Å²) in [5, 5.41) is 0. The van der Waals surface area contributed by atoms with E-state index in [0.29, 0.717) is 19.6 Å². The molecule has 7 heteroatoms. The fraction of sp³-hybridized carbons (Fsp3) is 0.615. The Labute approximate surface area is 134 Å². The van der Waals surface area contributed by atoms with Crippen molar-refractivity contribution in [3.05, 3.63) is 21.3 Å². The van der Waals surface area contributed by atoms with E-state index < -0.39 is 0 Å². The second-order valence-corrected chi connectivity index (χ2v) is 6.42. The first-order chi connectivity index (χ1) is 9.13. The number of rotatable bonds is 5. The first-order valence-corrected chi connectivity index (χ1v) is 7.72. The highest BCUT2D eigenvalue weighted by atomic mass is 35.5. The molecule has 1 aliphatic rings. The van der Waals surface area contributed by atoms with Gasteiger partial charge in [-0.2, -0.15) is 0 Å². The molecule has 2 heterocycles. The molecule has 0 saturated carbocycles. The summed E-state index contributed by atoms with van der Waals surface area (Å²) in [5.41, 5.74) is 5.57. The smallest absolute Gasteiger partial charge is 0.252 e. The van der Waals surface area contributed by atoms with Crippen LogP contribution in [0.5, 0.6) is 0 Å². The third-order valence-corrected chi connectivity index (χ3v) is 4.53. The third-order valence-electron chi connectivity index (χ3n) is 3.31. The molecule has 20 heavy (non-hydrogen) atoms. The van der Waals surface area contributed by atoms with Crippen molar-refractivity contribution in [3.8, 4) is 0 Å². The number of hydrogen-bond acceptors (Lipinski definition) is 4. The Bertz CT molecular complexity index is 442. The number of nitrogens with two attached hydrogens (primary N) is 1. The van der Waals surface area contributed by atoms with Crippen LogP contribution in [0, 0.1) is 0 Å². The Morgan fingerprint density at radius 2 is 2.30 bits per heavy atom.